The summed E-state index contributed by atoms with van der Waals surface area (Å²) in [6, 6.07) is 74.1. The molecule has 0 radical (unpaired) electrons. The molecule has 50 heavy (non-hydrogen) atoms. The maximum Gasteiger partial charge on any atom is 0.0468 e. The number of hydrogen-bond donors (Lipinski definition) is 0. The van der Waals surface area contributed by atoms with Gasteiger partial charge in [0.15, 0.2) is 0 Å². The molecular weight excluding hydrogens is 605 g/mol. The Morgan fingerprint density at radius 3 is 1.20 bits per heavy atom. The minimum Gasteiger partial charge on any atom is -0.310 e. The summed E-state index contributed by atoms with van der Waals surface area (Å²) in [5, 5.41) is 7.47. The third kappa shape index (κ3) is 5.43. The molecule has 2 heteroatoms. The number of benzene rings is 9. The molecule has 0 aliphatic rings. The fourth-order valence-electron chi connectivity index (χ4n) is 7.21. The lowest BCUT2D eigenvalue weighted by Gasteiger charge is -2.27. The van der Waals surface area contributed by atoms with Crippen LogP contribution in [0, 0.1) is 0 Å². The normalized spacial score (nSPS) is 11.2. The Kier molecular flexibility index (Phi) is 7.53. The van der Waals surface area contributed by atoms with Crippen molar-refractivity contribution in [3.05, 3.63) is 206 Å². The summed E-state index contributed by atoms with van der Waals surface area (Å²) in [5.74, 6) is 0. The van der Waals surface area contributed by atoms with Gasteiger partial charge in [0, 0.05) is 34.1 Å². The highest BCUT2D eigenvalue weighted by atomic mass is 15.1. The minimum atomic E-state index is 1.11. The molecule has 236 valence electrons. The molecule has 0 fully saturated rings. The van der Waals surface area contributed by atoms with Crippen LogP contribution >= 0.6 is 0 Å². The number of para-hydroxylation sites is 3. The first-order valence-corrected chi connectivity index (χ1v) is 17.1. The van der Waals surface area contributed by atoms with Gasteiger partial charge >= 0.3 is 0 Å². The van der Waals surface area contributed by atoms with Gasteiger partial charge in [-0.05, 0) is 122 Å². The van der Waals surface area contributed by atoms with E-state index in [4.69, 9.17) is 0 Å². The van der Waals surface area contributed by atoms with E-state index in [1.54, 1.807) is 0 Å². The van der Waals surface area contributed by atoms with Gasteiger partial charge in [-0.3, -0.25) is 0 Å². The Bertz CT molecular complexity index is 2540. The number of rotatable bonds is 7. The lowest BCUT2D eigenvalue weighted by molar-refractivity contribution is 1.28. The van der Waals surface area contributed by atoms with Crippen LogP contribution in [-0.4, -0.2) is 0 Å². The lowest BCUT2D eigenvalue weighted by Crippen LogP contribution is -2.10. The van der Waals surface area contributed by atoms with Gasteiger partial charge in [0.2, 0.25) is 0 Å². The first-order chi connectivity index (χ1) is 24.8. The van der Waals surface area contributed by atoms with Gasteiger partial charge in [0.05, 0.1) is 0 Å². The monoisotopic (exact) mass is 638 g/mol. The second-order valence-corrected chi connectivity index (χ2v) is 12.6. The summed E-state index contributed by atoms with van der Waals surface area (Å²) < 4.78 is 0. The molecule has 0 atom stereocenters. The maximum atomic E-state index is 2.35. The highest BCUT2D eigenvalue weighted by Crippen LogP contribution is 2.41. The van der Waals surface area contributed by atoms with Gasteiger partial charge in [-0.15, -0.1) is 0 Å². The molecule has 0 aromatic heterocycles. The Morgan fingerprint density at radius 1 is 0.240 bits per heavy atom. The summed E-state index contributed by atoms with van der Waals surface area (Å²) in [5.41, 5.74) is 9.14. The molecule has 2 nitrogen and oxygen atoms in total. The molecule has 0 bridgehead atoms. The Labute approximate surface area is 292 Å². The van der Waals surface area contributed by atoms with Gasteiger partial charge in [-0.1, -0.05) is 127 Å². The van der Waals surface area contributed by atoms with Crippen LogP contribution in [-0.2, 0) is 0 Å². The second kappa shape index (κ2) is 12.8. The van der Waals surface area contributed by atoms with Crippen LogP contribution in [0.25, 0.3) is 43.4 Å². The largest absolute Gasteiger partial charge is 0.310 e. The number of nitrogens with zero attached hydrogens (tertiary/aromatic N) is 2. The van der Waals surface area contributed by atoms with E-state index in [0.29, 0.717) is 0 Å². The predicted octanol–water partition coefficient (Wildman–Crippen LogP) is 13.8. The topological polar surface area (TPSA) is 6.48 Å². The Morgan fingerprint density at radius 2 is 0.660 bits per heavy atom. The van der Waals surface area contributed by atoms with E-state index in [9.17, 15) is 0 Å². The lowest BCUT2D eigenvalue weighted by atomic mass is 9.93. The van der Waals surface area contributed by atoms with E-state index >= 15 is 0 Å². The fourth-order valence-corrected chi connectivity index (χ4v) is 7.21. The Hall–Kier alpha value is -6.64. The zero-order chi connectivity index (χ0) is 33.3. The average Bonchev–Trinajstić information content (AvgIpc) is 3.19. The van der Waals surface area contributed by atoms with E-state index in [1.807, 2.05) is 0 Å². The number of anilines is 6. The van der Waals surface area contributed by atoms with Crippen LogP contribution in [0.1, 0.15) is 0 Å². The van der Waals surface area contributed by atoms with Crippen LogP contribution in [0.4, 0.5) is 34.1 Å². The molecule has 0 spiro atoms. The molecule has 0 N–H and O–H groups in total. The zero-order valence-corrected chi connectivity index (χ0v) is 27.5. The van der Waals surface area contributed by atoms with Crippen molar-refractivity contribution in [1.29, 1.82) is 0 Å². The third-order valence-electron chi connectivity index (χ3n) is 9.57. The number of hydrogen-bond acceptors (Lipinski definition) is 2. The minimum absolute atomic E-state index is 1.11. The first-order valence-electron chi connectivity index (χ1n) is 17.1. The van der Waals surface area contributed by atoms with E-state index in [-0.39, 0.29) is 0 Å². The van der Waals surface area contributed by atoms with Crippen molar-refractivity contribution in [3.8, 4) is 11.1 Å². The highest BCUT2D eigenvalue weighted by molar-refractivity contribution is 6.13. The van der Waals surface area contributed by atoms with Crippen LogP contribution in [0.3, 0.4) is 0 Å². The molecule has 0 amide bonds. The molecule has 9 aromatic carbocycles. The van der Waals surface area contributed by atoms with Crippen molar-refractivity contribution in [2.45, 2.75) is 0 Å². The summed E-state index contributed by atoms with van der Waals surface area (Å²) in [6.45, 7) is 0. The quantitative estimate of drug-likeness (QED) is 0.160. The van der Waals surface area contributed by atoms with E-state index in [0.717, 1.165) is 34.1 Å². The molecule has 9 rings (SSSR count). The smallest absolute Gasteiger partial charge is 0.0468 e. The van der Waals surface area contributed by atoms with Crippen molar-refractivity contribution in [2.75, 3.05) is 9.80 Å². The zero-order valence-electron chi connectivity index (χ0n) is 27.5. The van der Waals surface area contributed by atoms with Crippen LogP contribution in [0.15, 0.2) is 206 Å². The van der Waals surface area contributed by atoms with Crippen molar-refractivity contribution >= 4 is 66.4 Å². The van der Waals surface area contributed by atoms with Gasteiger partial charge in [-0.25, -0.2) is 0 Å². The van der Waals surface area contributed by atoms with Crippen molar-refractivity contribution in [2.24, 2.45) is 0 Å². The summed E-state index contributed by atoms with van der Waals surface area (Å²) in [7, 11) is 0. The summed E-state index contributed by atoms with van der Waals surface area (Å²) in [6.07, 6.45) is 0. The molecule has 0 unspecified atom stereocenters. The molecule has 9 aromatic rings. The first kappa shape index (κ1) is 29.5. The average molecular weight is 639 g/mol. The number of fused-ring (bicyclic) bond motifs is 4. The highest BCUT2D eigenvalue weighted by Gasteiger charge is 2.16. The standard InChI is InChI=1S/C48H34N2/c1-4-15-39(16-5-1)49(40-17-6-2-7-18-40)43-30-24-35-25-31-44(33-38(35)32-43)50(41-19-8-3-9-20-41)42-28-26-36(27-29-42)48-34-37-14-10-11-21-45(37)46-22-12-13-23-47(46)48/h1-34H. The van der Waals surface area contributed by atoms with E-state index in [2.05, 4.69) is 216 Å². The van der Waals surface area contributed by atoms with Gasteiger partial charge in [0.1, 0.15) is 0 Å². The van der Waals surface area contributed by atoms with E-state index < -0.39 is 0 Å². The summed E-state index contributed by atoms with van der Waals surface area (Å²) in [4.78, 5) is 4.66. The van der Waals surface area contributed by atoms with Crippen molar-refractivity contribution < 1.29 is 0 Å². The predicted molar refractivity (Wildman–Crippen MR) is 214 cm³/mol. The van der Waals surface area contributed by atoms with Crippen LogP contribution in [0.2, 0.25) is 0 Å². The van der Waals surface area contributed by atoms with Gasteiger partial charge in [0.25, 0.3) is 0 Å². The van der Waals surface area contributed by atoms with Crippen molar-refractivity contribution in [1.82, 2.24) is 0 Å². The van der Waals surface area contributed by atoms with Crippen LogP contribution in [0.5, 0.6) is 0 Å². The van der Waals surface area contributed by atoms with Crippen molar-refractivity contribution in [3.63, 3.8) is 0 Å². The summed E-state index contributed by atoms with van der Waals surface area (Å²) >= 11 is 0. The molecule has 0 saturated heterocycles. The fraction of sp³-hybridized carbons (Fsp3) is 0. The third-order valence-corrected chi connectivity index (χ3v) is 9.57. The molecule has 0 saturated carbocycles. The molecular formula is C48H34N2. The molecule has 0 aliphatic carbocycles. The van der Waals surface area contributed by atoms with E-state index in [1.165, 1.54) is 43.4 Å². The van der Waals surface area contributed by atoms with Gasteiger partial charge in [-0.2, -0.15) is 0 Å². The van der Waals surface area contributed by atoms with Crippen LogP contribution < -0.4 is 9.80 Å². The Balaban J connectivity index is 1.14. The second-order valence-electron chi connectivity index (χ2n) is 12.6. The molecule has 0 heterocycles. The molecule has 0 aliphatic heterocycles. The SMILES string of the molecule is c1ccc(N(c2ccccc2)c2ccc3ccc(N(c4ccccc4)c4ccc(-c5cc6ccccc6c6ccccc56)cc4)cc3c2)cc1. The maximum absolute atomic E-state index is 2.35. The van der Waals surface area contributed by atoms with Gasteiger partial charge < -0.3 is 9.80 Å².